The van der Waals surface area contributed by atoms with Crippen LogP contribution >= 0.6 is 11.6 Å². The van der Waals surface area contributed by atoms with E-state index in [9.17, 15) is 0 Å². The first-order chi connectivity index (χ1) is 14.1. The molecule has 0 aliphatic heterocycles. The fourth-order valence-electron chi connectivity index (χ4n) is 3.48. The Hall–Kier alpha value is -3.24. The van der Waals surface area contributed by atoms with Crippen molar-refractivity contribution in [3.8, 4) is 45.4 Å². The average Bonchev–Trinajstić information content (AvgIpc) is 3.20. The van der Waals surface area contributed by atoms with Gasteiger partial charge in [0.05, 0.1) is 31.2 Å². The highest BCUT2D eigenvalue weighted by Gasteiger charge is 2.19. The van der Waals surface area contributed by atoms with Gasteiger partial charge in [0.15, 0.2) is 0 Å². The predicted octanol–water partition coefficient (Wildman–Crippen LogP) is 6.39. The third-order valence-electron chi connectivity index (χ3n) is 4.92. The second-order valence-corrected chi connectivity index (χ2v) is 7.09. The molecule has 5 heteroatoms. The van der Waals surface area contributed by atoms with Crippen LogP contribution in [0.1, 0.15) is 5.56 Å². The quantitative estimate of drug-likeness (QED) is 0.419. The second kappa shape index (κ2) is 8.02. The Bertz CT molecular complexity index is 1140. The molecule has 4 aromatic rings. The van der Waals surface area contributed by atoms with Crippen LogP contribution in [0.2, 0.25) is 5.02 Å². The number of aromatic nitrogens is 2. The van der Waals surface area contributed by atoms with E-state index in [1.54, 1.807) is 14.2 Å². The Labute approximate surface area is 175 Å². The highest BCUT2D eigenvalue weighted by atomic mass is 35.5. The highest BCUT2D eigenvalue weighted by molar-refractivity contribution is 6.30. The summed E-state index contributed by atoms with van der Waals surface area (Å²) in [6, 6.07) is 21.7. The maximum atomic E-state index is 6.09. The number of imidazole rings is 1. The van der Waals surface area contributed by atoms with Gasteiger partial charge in [-0.15, -0.1) is 0 Å². The predicted molar refractivity (Wildman–Crippen MR) is 118 cm³/mol. The largest absolute Gasteiger partial charge is 0.496 e. The van der Waals surface area contributed by atoms with Gasteiger partial charge in [-0.3, -0.25) is 0 Å². The molecule has 0 unspecified atom stereocenters. The van der Waals surface area contributed by atoms with Crippen LogP contribution in [0.5, 0.6) is 11.5 Å². The molecule has 0 saturated carbocycles. The maximum Gasteiger partial charge on any atom is 0.142 e. The van der Waals surface area contributed by atoms with Crippen molar-refractivity contribution in [2.45, 2.75) is 6.92 Å². The van der Waals surface area contributed by atoms with Gasteiger partial charge >= 0.3 is 0 Å². The summed E-state index contributed by atoms with van der Waals surface area (Å²) in [5.74, 6) is 2.25. The van der Waals surface area contributed by atoms with E-state index in [0.717, 1.165) is 51.0 Å². The zero-order valence-electron chi connectivity index (χ0n) is 16.5. The molecule has 0 fully saturated rings. The summed E-state index contributed by atoms with van der Waals surface area (Å²) in [6.07, 6.45) is 0. The number of methoxy groups -OCH3 is 2. The van der Waals surface area contributed by atoms with Crippen LogP contribution in [0.3, 0.4) is 0 Å². The summed E-state index contributed by atoms with van der Waals surface area (Å²) in [5, 5.41) is 0.696. The fraction of sp³-hybridized carbons (Fsp3) is 0.125. The van der Waals surface area contributed by atoms with Crippen molar-refractivity contribution in [3.05, 3.63) is 77.3 Å². The molecule has 29 heavy (non-hydrogen) atoms. The number of hydrogen-bond acceptors (Lipinski definition) is 3. The van der Waals surface area contributed by atoms with Crippen molar-refractivity contribution < 1.29 is 9.47 Å². The van der Waals surface area contributed by atoms with Crippen LogP contribution in [-0.2, 0) is 0 Å². The molecule has 0 saturated heterocycles. The minimum absolute atomic E-state index is 0.696. The lowest BCUT2D eigenvalue weighted by Crippen LogP contribution is -1.96. The Morgan fingerprint density at radius 2 is 1.55 bits per heavy atom. The number of nitrogens with one attached hydrogen (secondary N) is 1. The molecule has 146 valence electrons. The van der Waals surface area contributed by atoms with E-state index < -0.39 is 0 Å². The van der Waals surface area contributed by atoms with Crippen molar-refractivity contribution >= 4 is 11.6 Å². The first-order valence-corrected chi connectivity index (χ1v) is 9.63. The normalized spacial score (nSPS) is 10.8. The second-order valence-electron chi connectivity index (χ2n) is 6.66. The minimum Gasteiger partial charge on any atom is -0.496 e. The standard InChI is InChI=1S/C24H21ClN2O2/c1-15-20(28-2)14-13-19(23(15)29-3)24-26-21(16-7-5-4-6-8-16)22(27-24)17-9-11-18(25)12-10-17/h4-14H,1-3H3,(H,26,27). The van der Waals surface area contributed by atoms with E-state index in [1.807, 2.05) is 61.5 Å². The lowest BCUT2D eigenvalue weighted by atomic mass is 10.1. The van der Waals surface area contributed by atoms with Crippen molar-refractivity contribution in [1.82, 2.24) is 9.97 Å². The molecule has 0 aliphatic rings. The summed E-state index contributed by atoms with van der Waals surface area (Å²) in [7, 11) is 3.31. The van der Waals surface area contributed by atoms with Gasteiger partial charge in [-0.25, -0.2) is 4.98 Å². The van der Waals surface area contributed by atoms with E-state index in [1.165, 1.54) is 0 Å². The minimum atomic E-state index is 0.696. The van der Waals surface area contributed by atoms with Crippen molar-refractivity contribution in [2.24, 2.45) is 0 Å². The van der Waals surface area contributed by atoms with Gasteiger partial charge in [0.1, 0.15) is 17.3 Å². The molecule has 0 amide bonds. The first-order valence-electron chi connectivity index (χ1n) is 9.25. The number of halogens is 1. The van der Waals surface area contributed by atoms with Crippen LogP contribution in [0, 0.1) is 6.92 Å². The van der Waals surface area contributed by atoms with Gasteiger partial charge in [-0.2, -0.15) is 0 Å². The molecule has 0 bridgehead atoms. The van der Waals surface area contributed by atoms with E-state index >= 15 is 0 Å². The van der Waals surface area contributed by atoms with Gasteiger partial charge < -0.3 is 14.5 Å². The molecule has 1 aromatic heterocycles. The van der Waals surface area contributed by atoms with Crippen LogP contribution in [0.25, 0.3) is 33.9 Å². The van der Waals surface area contributed by atoms with Crippen molar-refractivity contribution in [1.29, 1.82) is 0 Å². The molecule has 3 aromatic carbocycles. The summed E-state index contributed by atoms with van der Waals surface area (Å²) >= 11 is 6.09. The van der Waals surface area contributed by atoms with Gasteiger partial charge in [0.2, 0.25) is 0 Å². The molecular weight excluding hydrogens is 384 g/mol. The third kappa shape index (κ3) is 3.59. The Balaban J connectivity index is 1.93. The molecule has 1 N–H and O–H groups in total. The molecule has 4 nitrogen and oxygen atoms in total. The number of hydrogen-bond donors (Lipinski definition) is 1. The Morgan fingerprint density at radius 1 is 0.828 bits per heavy atom. The van der Waals surface area contributed by atoms with Crippen LogP contribution in [-0.4, -0.2) is 24.2 Å². The molecule has 0 atom stereocenters. The number of ether oxygens (including phenoxy) is 2. The smallest absolute Gasteiger partial charge is 0.142 e. The summed E-state index contributed by atoms with van der Waals surface area (Å²) in [4.78, 5) is 8.44. The summed E-state index contributed by atoms with van der Waals surface area (Å²) in [5.41, 5.74) is 5.65. The number of benzene rings is 3. The molecule has 1 heterocycles. The molecule has 4 rings (SSSR count). The van der Waals surface area contributed by atoms with Crippen LogP contribution in [0.15, 0.2) is 66.7 Å². The molecular formula is C24H21ClN2O2. The number of nitrogens with zero attached hydrogens (tertiary/aromatic N) is 1. The first kappa shape index (κ1) is 19.1. The van der Waals surface area contributed by atoms with E-state index in [4.69, 9.17) is 26.1 Å². The fourth-order valence-corrected chi connectivity index (χ4v) is 3.60. The zero-order valence-corrected chi connectivity index (χ0v) is 17.2. The average molecular weight is 405 g/mol. The summed E-state index contributed by atoms with van der Waals surface area (Å²) < 4.78 is 11.1. The number of rotatable bonds is 5. The monoisotopic (exact) mass is 404 g/mol. The lowest BCUT2D eigenvalue weighted by Gasteiger charge is -2.13. The summed E-state index contributed by atoms with van der Waals surface area (Å²) in [6.45, 7) is 1.97. The van der Waals surface area contributed by atoms with E-state index in [0.29, 0.717) is 5.02 Å². The zero-order chi connectivity index (χ0) is 20.4. The molecule has 0 aliphatic carbocycles. The topological polar surface area (TPSA) is 47.1 Å². The Kier molecular flexibility index (Phi) is 5.28. The van der Waals surface area contributed by atoms with Gasteiger partial charge in [-0.05, 0) is 31.2 Å². The van der Waals surface area contributed by atoms with Crippen LogP contribution in [0.4, 0.5) is 0 Å². The van der Waals surface area contributed by atoms with Gasteiger partial charge in [0, 0.05) is 21.7 Å². The van der Waals surface area contributed by atoms with Gasteiger partial charge in [0.25, 0.3) is 0 Å². The SMILES string of the molecule is COc1ccc(-c2nc(-c3ccccc3)c(-c3ccc(Cl)cc3)[nH]2)c(OC)c1C. The highest BCUT2D eigenvalue weighted by Crippen LogP contribution is 2.39. The van der Waals surface area contributed by atoms with Crippen molar-refractivity contribution in [3.63, 3.8) is 0 Å². The van der Waals surface area contributed by atoms with Crippen LogP contribution < -0.4 is 9.47 Å². The number of H-pyrrole nitrogens is 1. The Morgan fingerprint density at radius 3 is 2.21 bits per heavy atom. The van der Waals surface area contributed by atoms with E-state index in [2.05, 4.69) is 17.1 Å². The maximum absolute atomic E-state index is 6.09. The molecule has 0 radical (unpaired) electrons. The van der Waals surface area contributed by atoms with Crippen molar-refractivity contribution in [2.75, 3.05) is 14.2 Å². The third-order valence-corrected chi connectivity index (χ3v) is 5.17. The van der Waals surface area contributed by atoms with E-state index in [-0.39, 0.29) is 0 Å². The number of aromatic amines is 1. The van der Waals surface area contributed by atoms with Gasteiger partial charge in [-0.1, -0.05) is 54.1 Å². The molecule has 0 spiro atoms. The lowest BCUT2D eigenvalue weighted by molar-refractivity contribution is 0.389.